The van der Waals surface area contributed by atoms with Crippen LogP contribution in [0.4, 0.5) is 0 Å². The average Bonchev–Trinajstić information content (AvgIpc) is 2.07. The summed E-state index contributed by atoms with van der Waals surface area (Å²) in [6.45, 7) is 2.22. The maximum absolute atomic E-state index is 2.89. The van der Waals surface area contributed by atoms with Crippen molar-refractivity contribution in [3.8, 4) is 0 Å². The Kier molecular flexibility index (Phi) is 3.59. The van der Waals surface area contributed by atoms with Crippen LogP contribution in [0.5, 0.6) is 0 Å². The highest BCUT2D eigenvalue weighted by Crippen LogP contribution is 2.26. The second-order valence-corrected chi connectivity index (χ2v) is 3.61. The fourth-order valence-electron chi connectivity index (χ4n) is 1.18. The number of hydrogen-bond acceptors (Lipinski definition) is 0. The molecule has 60 valence electrons. The predicted molar refractivity (Wildman–Crippen MR) is 53.8 cm³/mol. The van der Waals surface area contributed by atoms with Crippen LogP contribution >= 0.6 is 9.24 Å². The average molecular weight is 166 g/mol. The summed E-state index contributed by atoms with van der Waals surface area (Å²) in [5, 5.41) is 0. The third kappa shape index (κ3) is 2.63. The Morgan fingerprint density at radius 2 is 1.91 bits per heavy atom. The molecule has 0 fully saturated rings. The van der Waals surface area contributed by atoms with E-state index in [4.69, 9.17) is 0 Å². The smallest absolute Gasteiger partial charge is 0.00147 e. The van der Waals surface area contributed by atoms with Gasteiger partial charge in [0.15, 0.2) is 0 Å². The standard InChI is InChI=1S/C10H15P/c1-2-6-10(11)9-7-4-3-5-8-9/h3-5,7-8,10H,2,6,11H2,1H3. The maximum Gasteiger partial charge on any atom is -0.00147 e. The first-order chi connectivity index (χ1) is 5.34. The van der Waals surface area contributed by atoms with Gasteiger partial charge in [0.25, 0.3) is 0 Å². The first kappa shape index (κ1) is 8.74. The van der Waals surface area contributed by atoms with E-state index in [2.05, 4.69) is 46.5 Å². The minimum absolute atomic E-state index is 0.640. The molecule has 0 aliphatic carbocycles. The van der Waals surface area contributed by atoms with E-state index in [1.54, 1.807) is 0 Å². The Morgan fingerprint density at radius 1 is 1.27 bits per heavy atom. The first-order valence-electron chi connectivity index (χ1n) is 4.15. The van der Waals surface area contributed by atoms with E-state index in [0.717, 1.165) is 0 Å². The number of rotatable bonds is 3. The summed E-state index contributed by atoms with van der Waals surface area (Å²) in [5.74, 6) is 0. The van der Waals surface area contributed by atoms with Crippen LogP contribution in [0.25, 0.3) is 0 Å². The van der Waals surface area contributed by atoms with E-state index in [-0.39, 0.29) is 0 Å². The molecule has 0 bridgehead atoms. The Hall–Kier alpha value is -0.350. The van der Waals surface area contributed by atoms with Gasteiger partial charge in [0.05, 0.1) is 0 Å². The van der Waals surface area contributed by atoms with E-state index in [0.29, 0.717) is 5.66 Å². The quantitative estimate of drug-likeness (QED) is 0.604. The minimum atomic E-state index is 0.640. The van der Waals surface area contributed by atoms with Crippen LogP contribution in [0.15, 0.2) is 30.3 Å². The van der Waals surface area contributed by atoms with Crippen molar-refractivity contribution in [3.63, 3.8) is 0 Å². The highest BCUT2D eigenvalue weighted by molar-refractivity contribution is 7.17. The Bertz CT molecular complexity index is 193. The SMILES string of the molecule is CCCC(P)c1ccccc1. The van der Waals surface area contributed by atoms with Crippen molar-refractivity contribution < 1.29 is 0 Å². The molecule has 1 aromatic carbocycles. The summed E-state index contributed by atoms with van der Waals surface area (Å²) in [6, 6.07) is 10.6. The fraction of sp³-hybridized carbons (Fsp3) is 0.400. The van der Waals surface area contributed by atoms with Crippen LogP contribution in [0.1, 0.15) is 31.0 Å². The first-order valence-corrected chi connectivity index (χ1v) is 4.81. The van der Waals surface area contributed by atoms with Gasteiger partial charge in [-0.2, -0.15) is 0 Å². The molecule has 0 nitrogen and oxygen atoms in total. The van der Waals surface area contributed by atoms with Gasteiger partial charge >= 0.3 is 0 Å². The topological polar surface area (TPSA) is 0 Å². The molecule has 0 amide bonds. The molecule has 0 aliphatic heterocycles. The maximum atomic E-state index is 2.89. The lowest BCUT2D eigenvalue weighted by atomic mass is 10.1. The van der Waals surface area contributed by atoms with Crippen molar-refractivity contribution in [1.29, 1.82) is 0 Å². The molecule has 0 aliphatic rings. The highest BCUT2D eigenvalue weighted by atomic mass is 31.0. The van der Waals surface area contributed by atoms with Crippen LogP contribution in [-0.4, -0.2) is 0 Å². The van der Waals surface area contributed by atoms with Gasteiger partial charge < -0.3 is 0 Å². The lowest BCUT2D eigenvalue weighted by Crippen LogP contribution is -1.87. The van der Waals surface area contributed by atoms with E-state index in [9.17, 15) is 0 Å². The van der Waals surface area contributed by atoms with Crippen molar-refractivity contribution in [2.75, 3.05) is 0 Å². The predicted octanol–water partition coefficient (Wildman–Crippen LogP) is 3.40. The Balaban J connectivity index is 2.61. The summed E-state index contributed by atoms with van der Waals surface area (Å²) >= 11 is 0. The zero-order valence-electron chi connectivity index (χ0n) is 6.96. The molecule has 0 radical (unpaired) electrons. The Morgan fingerprint density at radius 3 is 2.45 bits per heavy atom. The lowest BCUT2D eigenvalue weighted by Gasteiger charge is -2.08. The van der Waals surface area contributed by atoms with Crippen molar-refractivity contribution >= 4 is 9.24 Å². The number of benzene rings is 1. The normalized spacial score (nSPS) is 12.9. The monoisotopic (exact) mass is 166 g/mol. The van der Waals surface area contributed by atoms with Crippen LogP contribution in [0, 0.1) is 0 Å². The Labute approximate surface area is 71.2 Å². The zero-order valence-corrected chi connectivity index (χ0v) is 8.11. The van der Waals surface area contributed by atoms with Gasteiger partial charge in [0.2, 0.25) is 0 Å². The van der Waals surface area contributed by atoms with Gasteiger partial charge in [-0.15, -0.1) is 9.24 Å². The van der Waals surface area contributed by atoms with Crippen LogP contribution < -0.4 is 0 Å². The molecule has 1 heteroatoms. The fourth-order valence-corrected chi connectivity index (χ4v) is 1.73. The van der Waals surface area contributed by atoms with E-state index in [1.165, 1.54) is 18.4 Å². The molecule has 0 spiro atoms. The molecule has 2 atom stereocenters. The van der Waals surface area contributed by atoms with Gasteiger partial charge in [-0.25, -0.2) is 0 Å². The third-order valence-electron chi connectivity index (χ3n) is 1.83. The van der Waals surface area contributed by atoms with Gasteiger partial charge in [-0.05, 0) is 17.6 Å². The summed E-state index contributed by atoms with van der Waals surface area (Å²) in [5.41, 5.74) is 2.07. The minimum Gasteiger partial charge on any atom is -0.130 e. The largest absolute Gasteiger partial charge is 0.130 e. The molecule has 1 rings (SSSR count). The molecular weight excluding hydrogens is 151 g/mol. The second kappa shape index (κ2) is 4.51. The van der Waals surface area contributed by atoms with Crippen molar-refractivity contribution in [2.45, 2.75) is 25.4 Å². The summed E-state index contributed by atoms with van der Waals surface area (Å²) < 4.78 is 0. The van der Waals surface area contributed by atoms with E-state index < -0.39 is 0 Å². The van der Waals surface area contributed by atoms with Gasteiger partial charge in [0, 0.05) is 0 Å². The molecule has 11 heavy (non-hydrogen) atoms. The van der Waals surface area contributed by atoms with Gasteiger partial charge in [-0.1, -0.05) is 43.7 Å². The van der Waals surface area contributed by atoms with Gasteiger partial charge in [-0.3, -0.25) is 0 Å². The molecule has 0 saturated heterocycles. The molecule has 2 unspecified atom stereocenters. The van der Waals surface area contributed by atoms with Crippen molar-refractivity contribution in [3.05, 3.63) is 35.9 Å². The molecule has 0 aromatic heterocycles. The van der Waals surface area contributed by atoms with Gasteiger partial charge in [0.1, 0.15) is 0 Å². The second-order valence-electron chi connectivity index (χ2n) is 2.81. The van der Waals surface area contributed by atoms with Crippen molar-refractivity contribution in [1.82, 2.24) is 0 Å². The molecule has 1 aromatic rings. The summed E-state index contributed by atoms with van der Waals surface area (Å²) in [6.07, 6.45) is 2.51. The molecule has 0 saturated carbocycles. The molecular formula is C10H15P. The van der Waals surface area contributed by atoms with Crippen molar-refractivity contribution in [2.24, 2.45) is 0 Å². The summed E-state index contributed by atoms with van der Waals surface area (Å²) in [4.78, 5) is 0. The van der Waals surface area contributed by atoms with Crippen LogP contribution in [0.2, 0.25) is 0 Å². The highest BCUT2D eigenvalue weighted by Gasteiger charge is 2.01. The third-order valence-corrected chi connectivity index (χ3v) is 2.55. The van der Waals surface area contributed by atoms with E-state index >= 15 is 0 Å². The lowest BCUT2D eigenvalue weighted by molar-refractivity contribution is 0.779. The van der Waals surface area contributed by atoms with Crippen LogP contribution in [0.3, 0.4) is 0 Å². The van der Waals surface area contributed by atoms with E-state index in [1.807, 2.05) is 0 Å². The molecule has 0 N–H and O–H groups in total. The van der Waals surface area contributed by atoms with Crippen LogP contribution in [-0.2, 0) is 0 Å². The molecule has 0 heterocycles. The summed E-state index contributed by atoms with van der Waals surface area (Å²) in [7, 11) is 2.89. The number of hydrogen-bond donors (Lipinski definition) is 0. The zero-order chi connectivity index (χ0) is 8.10.